The van der Waals surface area contributed by atoms with Crippen molar-refractivity contribution in [2.24, 2.45) is 0 Å². The highest BCUT2D eigenvalue weighted by Gasteiger charge is 2.20. The molecule has 0 saturated carbocycles. The predicted molar refractivity (Wildman–Crippen MR) is 72.6 cm³/mol. The summed E-state index contributed by atoms with van der Waals surface area (Å²) in [6, 6.07) is -0.463. The minimum Gasteiger partial charge on any atom is -0.480 e. The molecule has 2 amide bonds. The summed E-state index contributed by atoms with van der Waals surface area (Å²) in [6.45, 7) is 3.34. The highest BCUT2D eigenvalue weighted by atomic mass is 32.1. The largest absolute Gasteiger partial charge is 0.480 e. The van der Waals surface area contributed by atoms with Gasteiger partial charge in [0.15, 0.2) is 5.13 Å². The minimum absolute atomic E-state index is 0.184. The number of fused-ring (bicyclic) bond motifs is 1. The number of nitrogens with zero attached hydrogens (tertiary/aromatic N) is 2. The normalized spacial score (nSPS) is 12.8. The topological polar surface area (TPSA) is 82.5 Å². The Morgan fingerprint density at radius 2 is 2.32 bits per heavy atom. The second-order valence-electron chi connectivity index (χ2n) is 4.24. The smallest absolute Gasteiger partial charge is 0.324 e. The summed E-state index contributed by atoms with van der Waals surface area (Å²) in [5, 5.41) is 11.9. The second-order valence-corrected chi connectivity index (χ2v) is 5.32. The third-order valence-corrected chi connectivity index (χ3v) is 3.85. The molecule has 1 aliphatic carbocycles. The zero-order valence-corrected chi connectivity index (χ0v) is 11.2. The van der Waals surface area contributed by atoms with Gasteiger partial charge in [-0.2, -0.15) is 0 Å². The molecule has 0 atom stereocenters. The van der Waals surface area contributed by atoms with E-state index in [0.29, 0.717) is 5.13 Å². The van der Waals surface area contributed by atoms with Crippen LogP contribution in [-0.4, -0.2) is 40.1 Å². The quantitative estimate of drug-likeness (QED) is 0.805. The first-order valence-corrected chi connectivity index (χ1v) is 6.79. The molecule has 0 bridgehead atoms. The van der Waals surface area contributed by atoms with Gasteiger partial charge in [-0.15, -0.1) is 17.9 Å². The number of urea groups is 1. The molecule has 1 aromatic rings. The van der Waals surface area contributed by atoms with E-state index in [9.17, 15) is 9.59 Å². The molecule has 19 heavy (non-hydrogen) atoms. The third kappa shape index (κ3) is 3.31. The first-order chi connectivity index (χ1) is 9.10. The molecule has 0 spiro atoms. The van der Waals surface area contributed by atoms with Crippen LogP contribution in [0.5, 0.6) is 0 Å². The maximum Gasteiger partial charge on any atom is 0.324 e. The van der Waals surface area contributed by atoms with Gasteiger partial charge < -0.3 is 10.0 Å². The second kappa shape index (κ2) is 5.83. The number of carboxylic acid groups (broad SMARTS) is 1. The molecule has 1 aliphatic rings. The van der Waals surface area contributed by atoms with Crippen LogP contribution in [0.2, 0.25) is 0 Å². The highest BCUT2D eigenvalue weighted by molar-refractivity contribution is 7.15. The van der Waals surface area contributed by atoms with E-state index in [1.807, 2.05) is 0 Å². The van der Waals surface area contributed by atoms with Gasteiger partial charge in [0.2, 0.25) is 0 Å². The molecule has 102 valence electrons. The van der Waals surface area contributed by atoms with Gasteiger partial charge in [-0.1, -0.05) is 6.08 Å². The van der Waals surface area contributed by atoms with Crippen molar-refractivity contribution in [3.8, 4) is 0 Å². The lowest BCUT2D eigenvalue weighted by molar-refractivity contribution is -0.137. The lowest BCUT2D eigenvalue weighted by Gasteiger charge is -2.18. The minimum atomic E-state index is -1.06. The van der Waals surface area contributed by atoms with Gasteiger partial charge in [0.1, 0.15) is 6.54 Å². The van der Waals surface area contributed by atoms with E-state index in [4.69, 9.17) is 5.11 Å². The molecule has 1 heterocycles. The molecular weight excluding hydrogens is 266 g/mol. The highest BCUT2D eigenvalue weighted by Crippen LogP contribution is 2.30. The van der Waals surface area contributed by atoms with Gasteiger partial charge in [-0.25, -0.2) is 9.78 Å². The number of nitrogens with one attached hydrogen (secondary N) is 1. The fraction of sp³-hybridized carbons (Fsp3) is 0.417. The summed E-state index contributed by atoms with van der Waals surface area (Å²) in [5.41, 5.74) is 1.05. The average Bonchev–Trinajstić information content (AvgIpc) is 2.88. The maximum absolute atomic E-state index is 11.9. The summed E-state index contributed by atoms with van der Waals surface area (Å²) in [4.78, 5) is 29.3. The Balaban J connectivity index is 2.00. The molecule has 2 N–H and O–H groups in total. The van der Waals surface area contributed by atoms with Crippen LogP contribution in [0.15, 0.2) is 12.7 Å². The molecule has 0 saturated heterocycles. The molecule has 0 unspecified atom stereocenters. The predicted octanol–water partition coefficient (Wildman–Crippen LogP) is 1.74. The van der Waals surface area contributed by atoms with Gasteiger partial charge >= 0.3 is 12.0 Å². The summed E-state index contributed by atoms with van der Waals surface area (Å²) >= 11 is 1.46. The first kappa shape index (κ1) is 13.5. The Morgan fingerprint density at radius 1 is 1.53 bits per heavy atom. The van der Waals surface area contributed by atoms with E-state index < -0.39 is 12.0 Å². The van der Waals surface area contributed by atoms with E-state index >= 15 is 0 Å². The van der Waals surface area contributed by atoms with Crippen LogP contribution in [-0.2, 0) is 17.6 Å². The van der Waals surface area contributed by atoms with Crippen molar-refractivity contribution in [1.29, 1.82) is 0 Å². The zero-order chi connectivity index (χ0) is 13.8. The number of aromatic nitrogens is 1. The van der Waals surface area contributed by atoms with Crippen LogP contribution >= 0.6 is 11.3 Å². The SMILES string of the molecule is C=CCN(CC(=O)O)C(=O)Nc1nc2c(s1)CCC2. The van der Waals surface area contributed by atoms with Gasteiger partial charge in [-0.3, -0.25) is 10.1 Å². The molecule has 0 aromatic carbocycles. The van der Waals surface area contributed by atoms with E-state index in [0.717, 1.165) is 25.0 Å². The third-order valence-electron chi connectivity index (χ3n) is 2.77. The van der Waals surface area contributed by atoms with Crippen molar-refractivity contribution in [2.75, 3.05) is 18.4 Å². The number of aryl methyl sites for hydroxylation is 2. The van der Waals surface area contributed by atoms with Crippen LogP contribution in [0.1, 0.15) is 17.0 Å². The first-order valence-electron chi connectivity index (χ1n) is 5.97. The van der Waals surface area contributed by atoms with E-state index in [2.05, 4.69) is 16.9 Å². The van der Waals surface area contributed by atoms with Crippen molar-refractivity contribution in [3.05, 3.63) is 23.2 Å². The summed E-state index contributed by atoms with van der Waals surface area (Å²) in [7, 11) is 0. The van der Waals surface area contributed by atoms with Crippen LogP contribution in [0.3, 0.4) is 0 Å². The van der Waals surface area contributed by atoms with E-state index in [1.165, 1.54) is 27.2 Å². The zero-order valence-electron chi connectivity index (χ0n) is 10.4. The van der Waals surface area contributed by atoms with Crippen LogP contribution in [0.25, 0.3) is 0 Å². The molecule has 0 aliphatic heterocycles. The number of amides is 2. The van der Waals surface area contributed by atoms with Crippen molar-refractivity contribution < 1.29 is 14.7 Å². The molecule has 0 fully saturated rings. The number of carbonyl (C=O) groups excluding carboxylic acids is 1. The van der Waals surface area contributed by atoms with Crippen LogP contribution in [0.4, 0.5) is 9.93 Å². The molecule has 2 rings (SSSR count). The number of aliphatic carboxylic acids is 1. The lowest BCUT2D eigenvalue weighted by atomic mass is 10.4. The number of carboxylic acids is 1. The van der Waals surface area contributed by atoms with E-state index in [-0.39, 0.29) is 13.1 Å². The number of hydrogen-bond donors (Lipinski definition) is 2. The molecule has 0 radical (unpaired) electrons. The fourth-order valence-corrected chi connectivity index (χ4v) is 2.99. The Hall–Kier alpha value is -1.89. The van der Waals surface area contributed by atoms with Crippen molar-refractivity contribution in [1.82, 2.24) is 9.88 Å². The average molecular weight is 281 g/mol. The Kier molecular flexibility index (Phi) is 4.16. The fourth-order valence-electron chi connectivity index (χ4n) is 1.95. The number of carbonyl (C=O) groups is 2. The van der Waals surface area contributed by atoms with Gasteiger partial charge in [0.05, 0.1) is 5.69 Å². The number of thiazole rings is 1. The molecular formula is C12H15N3O3S. The number of rotatable bonds is 5. The summed E-state index contributed by atoms with van der Waals surface area (Å²) in [6.07, 6.45) is 4.57. The monoisotopic (exact) mass is 281 g/mol. The lowest BCUT2D eigenvalue weighted by Crippen LogP contribution is -2.38. The van der Waals surface area contributed by atoms with Gasteiger partial charge in [0.25, 0.3) is 0 Å². The van der Waals surface area contributed by atoms with Crippen molar-refractivity contribution in [2.45, 2.75) is 19.3 Å². The van der Waals surface area contributed by atoms with Gasteiger partial charge in [0, 0.05) is 11.4 Å². The van der Waals surface area contributed by atoms with Crippen LogP contribution in [0, 0.1) is 0 Å². The number of hydrogen-bond acceptors (Lipinski definition) is 4. The molecule has 6 nitrogen and oxygen atoms in total. The molecule has 1 aromatic heterocycles. The summed E-state index contributed by atoms with van der Waals surface area (Å²) < 4.78 is 0. The Labute approximate surface area is 114 Å². The van der Waals surface area contributed by atoms with Crippen molar-refractivity contribution >= 4 is 28.5 Å². The van der Waals surface area contributed by atoms with Crippen molar-refractivity contribution in [3.63, 3.8) is 0 Å². The van der Waals surface area contributed by atoms with Crippen LogP contribution < -0.4 is 5.32 Å². The molecule has 7 heteroatoms. The Bertz CT molecular complexity index is 491. The Morgan fingerprint density at radius 3 is 2.95 bits per heavy atom. The van der Waals surface area contributed by atoms with Gasteiger partial charge in [-0.05, 0) is 19.3 Å². The summed E-state index contributed by atoms with van der Waals surface area (Å²) in [5.74, 6) is -1.06. The van der Waals surface area contributed by atoms with E-state index in [1.54, 1.807) is 0 Å². The maximum atomic E-state index is 11.9. The number of anilines is 1. The standard InChI is InChI=1S/C12H15N3O3S/c1-2-6-15(7-10(16)17)12(18)14-11-13-8-4-3-5-9(8)19-11/h2H,1,3-7H2,(H,16,17)(H,13,14,18).